The van der Waals surface area contributed by atoms with Crippen molar-refractivity contribution >= 4 is 20.2 Å². The maximum absolute atomic E-state index is 14.4. The number of ether oxygens (including phenoxy) is 1. The molecule has 0 radical (unpaired) electrons. The van der Waals surface area contributed by atoms with Gasteiger partial charge in [0.2, 0.25) is 0 Å². The number of benzene rings is 1. The number of hydrogen-bond acceptors (Lipinski definition) is 4. The third kappa shape index (κ3) is 4.19. The summed E-state index contributed by atoms with van der Waals surface area (Å²) >= 11 is 0. The second kappa shape index (κ2) is 6.63. The first-order valence-corrected chi connectivity index (χ1v) is 11.9. The van der Waals surface area contributed by atoms with Crippen molar-refractivity contribution in [2.24, 2.45) is 0 Å². The summed E-state index contributed by atoms with van der Waals surface area (Å²) in [6.45, 7) is 8.71. The number of rotatable bonds is 4. The van der Waals surface area contributed by atoms with Gasteiger partial charge >= 0.3 is 12.1 Å². The van der Waals surface area contributed by atoms with Crippen molar-refractivity contribution < 1.29 is 31.9 Å². The molecular formula is C18H24F3NO4Si. The van der Waals surface area contributed by atoms with Crippen LogP contribution in [0.4, 0.5) is 13.2 Å². The number of alkyl halides is 3. The van der Waals surface area contributed by atoms with Gasteiger partial charge in [-0.25, -0.2) is 0 Å². The molecule has 1 aliphatic rings. The summed E-state index contributed by atoms with van der Waals surface area (Å²) in [5, 5.41) is 0. The van der Waals surface area contributed by atoms with Gasteiger partial charge in [0.1, 0.15) is 12.1 Å². The van der Waals surface area contributed by atoms with Crippen LogP contribution in [0.15, 0.2) is 24.3 Å². The number of amides is 1. The lowest BCUT2D eigenvalue weighted by molar-refractivity contribution is -0.300. The van der Waals surface area contributed by atoms with E-state index in [9.17, 15) is 22.8 Å². The van der Waals surface area contributed by atoms with Gasteiger partial charge in [-0.1, -0.05) is 18.2 Å². The Morgan fingerprint density at radius 2 is 1.70 bits per heavy atom. The molecule has 2 rings (SSSR count). The lowest BCUT2D eigenvalue weighted by atomic mass is 10.0. The molecule has 1 aliphatic heterocycles. The van der Waals surface area contributed by atoms with Crippen LogP contribution in [0, 0.1) is 0 Å². The number of nitrogens with zero attached hydrogens (tertiary/aromatic N) is 1. The first-order valence-electron chi connectivity index (χ1n) is 8.49. The Morgan fingerprint density at radius 3 is 2.19 bits per heavy atom. The van der Waals surface area contributed by atoms with Crippen molar-refractivity contribution in [3.05, 3.63) is 35.4 Å². The molecule has 27 heavy (non-hydrogen) atoms. The smallest absolute Gasteiger partial charge is 0.440 e. The van der Waals surface area contributed by atoms with Crippen LogP contribution >= 0.6 is 0 Å². The van der Waals surface area contributed by atoms with Crippen LogP contribution in [0.1, 0.15) is 36.7 Å². The zero-order valence-corrected chi connectivity index (χ0v) is 17.2. The summed E-state index contributed by atoms with van der Waals surface area (Å²) in [6, 6.07) is 5.41. The fourth-order valence-corrected chi connectivity index (χ4v) is 4.22. The molecule has 0 aromatic heterocycles. The van der Waals surface area contributed by atoms with Gasteiger partial charge in [-0.15, -0.1) is 0 Å². The first-order chi connectivity index (χ1) is 12.1. The van der Waals surface area contributed by atoms with Crippen molar-refractivity contribution in [1.82, 2.24) is 4.90 Å². The highest BCUT2D eigenvalue weighted by Gasteiger charge is 2.68. The van der Waals surface area contributed by atoms with Crippen LogP contribution in [-0.2, 0) is 19.7 Å². The van der Waals surface area contributed by atoms with Crippen LogP contribution < -0.4 is 0 Å². The fourth-order valence-electron chi connectivity index (χ4n) is 3.00. The van der Waals surface area contributed by atoms with Crippen LogP contribution in [0.25, 0.3) is 0 Å². The third-order valence-electron chi connectivity index (χ3n) is 3.69. The van der Waals surface area contributed by atoms with Crippen LogP contribution in [0.3, 0.4) is 0 Å². The normalized spacial score (nSPS) is 20.6. The molecule has 0 fully saturated rings. The van der Waals surface area contributed by atoms with Crippen LogP contribution in [-0.4, -0.2) is 43.4 Å². The number of carbonyl (C=O) groups excluding carboxylic acids is 2. The lowest BCUT2D eigenvalue weighted by Crippen LogP contribution is -2.60. The van der Waals surface area contributed by atoms with Gasteiger partial charge in [0.25, 0.3) is 11.6 Å². The number of halogens is 3. The van der Waals surface area contributed by atoms with Gasteiger partial charge in [0.15, 0.2) is 8.32 Å². The molecule has 9 heteroatoms. The lowest BCUT2D eigenvalue weighted by Gasteiger charge is -2.43. The molecule has 5 nitrogen and oxygen atoms in total. The minimum Gasteiger partial charge on any atom is -0.459 e. The Morgan fingerprint density at radius 1 is 1.15 bits per heavy atom. The number of esters is 1. The van der Waals surface area contributed by atoms with Gasteiger partial charge in [-0.3, -0.25) is 14.5 Å². The van der Waals surface area contributed by atoms with Crippen molar-refractivity contribution in [2.75, 3.05) is 6.54 Å². The molecule has 0 bridgehead atoms. The second-order valence-corrected chi connectivity index (χ2v) is 12.8. The minimum atomic E-state index is -4.95. The van der Waals surface area contributed by atoms with Crippen molar-refractivity contribution in [3.8, 4) is 0 Å². The van der Waals surface area contributed by atoms with E-state index in [1.165, 1.54) is 24.3 Å². The highest BCUT2D eigenvalue weighted by molar-refractivity contribution is 6.69. The van der Waals surface area contributed by atoms with Gasteiger partial charge < -0.3 is 9.16 Å². The molecule has 0 spiro atoms. The van der Waals surface area contributed by atoms with Gasteiger partial charge in [-0.2, -0.15) is 13.2 Å². The summed E-state index contributed by atoms with van der Waals surface area (Å²) in [5.41, 5.74) is -4.33. The topological polar surface area (TPSA) is 55.8 Å². The number of hydrogen-bond donors (Lipinski definition) is 0. The Kier molecular flexibility index (Phi) is 5.26. The van der Waals surface area contributed by atoms with E-state index in [0.29, 0.717) is 4.90 Å². The van der Waals surface area contributed by atoms with E-state index in [-0.39, 0.29) is 11.1 Å². The molecule has 1 amide bonds. The average Bonchev–Trinajstić information content (AvgIpc) is 2.67. The highest BCUT2D eigenvalue weighted by atomic mass is 28.4. The summed E-state index contributed by atoms with van der Waals surface area (Å²) < 4.78 is 53.9. The summed E-state index contributed by atoms with van der Waals surface area (Å²) in [6.07, 6.45) is -4.95. The predicted octanol–water partition coefficient (Wildman–Crippen LogP) is 4.05. The van der Waals surface area contributed by atoms with E-state index >= 15 is 0 Å². The molecule has 1 aromatic rings. The molecule has 1 atom stereocenters. The SMILES string of the molecule is CC(C)(C)OC(=O)CN1C(=O)c2ccccc2C1(O[Si](C)(C)C)C(F)(F)F. The maximum atomic E-state index is 14.4. The Balaban J connectivity index is 2.62. The van der Waals surface area contributed by atoms with Crippen LogP contribution in [0.5, 0.6) is 0 Å². The molecule has 0 saturated carbocycles. The van der Waals surface area contributed by atoms with E-state index in [4.69, 9.17) is 9.16 Å². The molecule has 150 valence electrons. The zero-order chi connectivity index (χ0) is 20.8. The average molecular weight is 403 g/mol. The first kappa shape index (κ1) is 21.4. The summed E-state index contributed by atoms with van der Waals surface area (Å²) in [4.78, 5) is 25.5. The van der Waals surface area contributed by atoms with E-state index in [1.807, 2.05) is 0 Å². The van der Waals surface area contributed by atoms with E-state index in [0.717, 1.165) is 0 Å². The predicted molar refractivity (Wildman–Crippen MR) is 95.5 cm³/mol. The Hall–Kier alpha value is -1.87. The minimum absolute atomic E-state index is 0.128. The highest BCUT2D eigenvalue weighted by Crippen LogP contribution is 2.52. The Bertz CT molecular complexity index is 752. The monoisotopic (exact) mass is 403 g/mol. The van der Waals surface area contributed by atoms with E-state index in [1.54, 1.807) is 40.4 Å². The molecule has 1 heterocycles. The summed E-state index contributed by atoms with van der Waals surface area (Å²) in [5.74, 6) is -1.84. The van der Waals surface area contributed by atoms with Gasteiger partial charge in [-0.05, 0) is 46.5 Å². The maximum Gasteiger partial charge on any atom is 0.440 e. The van der Waals surface area contributed by atoms with Crippen molar-refractivity contribution in [3.63, 3.8) is 0 Å². The standard InChI is InChI=1S/C18H24F3NO4Si/c1-16(2,3)25-14(23)11-22-15(24)12-9-7-8-10-13(12)17(22,18(19,20)21)26-27(4,5)6/h7-10H,11H2,1-6H3. The molecular weight excluding hydrogens is 379 g/mol. The van der Waals surface area contributed by atoms with E-state index in [2.05, 4.69) is 0 Å². The molecule has 1 unspecified atom stereocenters. The molecule has 0 saturated heterocycles. The van der Waals surface area contributed by atoms with Crippen molar-refractivity contribution in [1.29, 1.82) is 0 Å². The van der Waals surface area contributed by atoms with Crippen LogP contribution in [0.2, 0.25) is 19.6 Å². The number of fused-ring (bicyclic) bond motifs is 1. The van der Waals surface area contributed by atoms with Gasteiger partial charge in [0.05, 0.1) is 0 Å². The number of carbonyl (C=O) groups is 2. The van der Waals surface area contributed by atoms with Gasteiger partial charge in [0, 0.05) is 11.1 Å². The quantitative estimate of drug-likeness (QED) is 0.562. The van der Waals surface area contributed by atoms with Crippen molar-refractivity contribution in [2.45, 2.75) is 57.9 Å². The fraction of sp³-hybridized carbons (Fsp3) is 0.556. The molecule has 0 aliphatic carbocycles. The largest absolute Gasteiger partial charge is 0.459 e. The zero-order valence-electron chi connectivity index (χ0n) is 16.2. The summed E-state index contributed by atoms with van der Waals surface area (Å²) in [7, 11) is -2.81. The molecule has 1 aromatic carbocycles. The van der Waals surface area contributed by atoms with E-state index < -0.39 is 44.2 Å². The Labute approximate surface area is 157 Å². The third-order valence-corrected chi connectivity index (χ3v) is 4.60. The molecule has 0 N–H and O–H groups in total. The second-order valence-electron chi connectivity index (χ2n) is 8.38.